The van der Waals surface area contributed by atoms with Crippen LogP contribution in [-0.4, -0.2) is 0 Å². The Hall–Kier alpha value is -7.48. The molecule has 0 heterocycles. The van der Waals surface area contributed by atoms with Crippen LogP contribution in [0.25, 0.3) is 77.2 Å². The number of hydrogen-bond acceptors (Lipinski definition) is 1. The van der Waals surface area contributed by atoms with Crippen LogP contribution in [0.2, 0.25) is 0 Å². The van der Waals surface area contributed by atoms with Crippen molar-refractivity contribution in [2.24, 2.45) is 0 Å². The van der Waals surface area contributed by atoms with Crippen LogP contribution in [-0.2, 0) is 0 Å². The average Bonchev–Trinajstić information content (AvgIpc) is 3.30. The lowest BCUT2D eigenvalue weighted by Gasteiger charge is -2.27. The molecule has 1 nitrogen and oxygen atoms in total. The molecule has 57 heavy (non-hydrogen) atoms. The molecular formula is C56H39N. The Morgan fingerprint density at radius 1 is 0.211 bits per heavy atom. The summed E-state index contributed by atoms with van der Waals surface area (Å²) in [6.45, 7) is 0. The molecule has 1 heteroatoms. The van der Waals surface area contributed by atoms with E-state index in [1.54, 1.807) is 0 Å². The second-order valence-electron chi connectivity index (χ2n) is 14.6. The summed E-state index contributed by atoms with van der Waals surface area (Å²) in [4.78, 5) is 2.38. The molecule has 0 amide bonds. The van der Waals surface area contributed by atoms with Gasteiger partial charge in [-0.1, -0.05) is 194 Å². The standard InChI is InChI=1S/C56H39N/c1-4-12-40(13-5-1)43-20-22-48(23-21-43)56-39-52(36-37-54(56)49-27-26-47-25-24-46-18-10-11-19-53(46)55(47)38-49)57(50-32-28-44(29-33-50)41-14-6-2-7-15-41)51-34-30-45(31-35-51)42-16-8-3-9-17-42/h1-39H. The van der Waals surface area contributed by atoms with Crippen molar-refractivity contribution >= 4 is 38.6 Å². The first kappa shape index (κ1) is 34.0. The molecule has 0 atom stereocenters. The summed E-state index contributed by atoms with van der Waals surface area (Å²) >= 11 is 0. The Balaban J connectivity index is 1.14. The molecule has 0 aliphatic carbocycles. The molecule has 0 saturated carbocycles. The van der Waals surface area contributed by atoms with E-state index in [0.717, 1.165) is 17.1 Å². The summed E-state index contributed by atoms with van der Waals surface area (Å²) in [5, 5.41) is 5.03. The van der Waals surface area contributed by atoms with E-state index >= 15 is 0 Å². The summed E-state index contributed by atoms with van der Waals surface area (Å²) in [5.41, 5.74) is 15.2. The minimum absolute atomic E-state index is 1.09. The normalized spacial score (nSPS) is 11.2. The van der Waals surface area contributed by atoms with E-state index in [0.29, 0.717) is 0 Å². The van der Waals surface area contributed by atoms with Crippen molar-refractivity contribution in [1.29, 1.82) is 0 Å². The molecule has 0 bridgehead atoms. The fraction of sp³-hybridized carbons (Fsp3) is 0. The zero-order chi connectivity index (χ0) is 38.0. The maximum absolute atomic E-state index is 2.38. The topological polar surface area (TPSA) is 3.24 Å². The highest BCUT2D eigenvalue weighted by Crippen LogP contribution is 2.43. The molecule has 0 radical (unpaired) electrons. The first-order valence-electron chi connectivity index (χ1n) is 19.6. The van der Waals surface area contributed by atoms with Crippen LogP contribution in [0, 0.1) is 0 Å². The first-order chi connectivity index (χ1) is 28.2. The highest BCUT2D eigenvalue weighted by molar-refractivity contribution is 6.09. The molecular weight excluding hydrogens is 687 g/mol. The van der Waals surface area contributed by atoms with Gasteiger partial charge >= 0.3 is 0 Å². The van der Waals surface area contributed by atoms with Gasteiger partial charge in [-0.05, 0) is 120 Å². The smallest absolute Gasteiger partial charge is 0.0468 e. The minimum Gasteiger partial charge on any atom is -0.310 e. The van der Waals surface area contributed by atoms with Gasteiger partial charge in [-0.15, -0.1) is 0 Å². The largest absolute Gasteiger partial charge is 0.310 e. The summed E-state index contributed by atoms with van der Waals surface area (Å²) in [6, 6.07) is 85.7. The highest BCUT2D eigenvalue weighted by atomic mass is 15.1. The summed E-state index contributed by atoms with van der Waals surface area (Å²) in [5.74, 6) is 0. The SMILES string of the molecule is c1ccc(-c2ccc(-c3cc(N(c4ccc(-c5ccccc5)cc4)c4ccc(-c5ccccc5)cc4)ccc3-c3ccc4ccc5ccccc5c4c3)cc2)cc1. The summed E-state index contributed by atoms with van der Waals surface area (Å²) in [6.07, 6.45) is 0. The van der Waals surface area contributed by atoms with Gasteiger partial charge in [-0.2, -0.15) is 0 Å². The monoisotopic (exact) mass is 725 g/mol. The van der Waals surface area contributed by atoms with E-state index in [9.17, 15) is 0 Å². The van der Waals surface area contributed by atoms with Gasteiger partial charge in [-0.25, -0.2) is 0 Å². The van der Waals surface area contributed by atoms with Gasteiger partial charge in [0.15, 0.2) is 0 Å². The summed E-state index contributed by atoms with van der Waals surface area (Å²) < 4.78 is 0. The van der Waals surface area contributed by atoms with Crippen molar-refractivity contribution in [2.45, 2.75) is 0 Å². The van der Waals surface area contributed by atoms with Crippen molar-refractivity contribution in [3.05, 3.63) is 237 Å². The van der Waals surface area contributed by atoms with Crippen LogP contribution in [0.4, 0.5) is 17.1 Å². The van der Waals surface area contributed by atoms with Crippen LogP contribution in [0.5, 0.6) is 0 Å². The molecule has 0 aromatic heterocycles. The lowest BCUT2D eigenvalue weighted by molar-refractivity contribution is 1.28. The lowest BCUT2D eigenvalue weighted by atomic mass is 9.90. The predicted octanol–water partition coefficient (Wildman–Crippen LogP) is 15.8. The van der Waals surface area contributed by atoms with Crippen molar-refractivity contribution in [1.82, 2.24) is 0 Å². The highest BCUT2D eigenvalue weighted by Gasteiger charge is 2.18. The molecule has 10 aromatic carbocycles. The Morgan fingerprint density at radius 2 is 0.596 bits per heavy atom. The molecule has 0 saturated heterocycles. The molecule has 0 N–H and O–H groups in total. The van der Waals surface area contributed by atoms with Gasteiger partial charge in [0.2, 0.25) is 0 Å². The molecule has 0 spiro atoms. The molecule has 268 valence electrons. The Bertz CT molecular complexity index is 2870. The van der Waals surface area contributed by atoms with E-state index < -0.39 is 0 Å². The molecule has 0 aliphatic heterocycles. The van der Waals surface area contributed by atoms with Gasteiger partial charge in [-0.3, -0.25) is 0 Å². The second-order valence-corrected chi connectivity index (χ2v) is 14.6. The fourth-order valence-corrected chi connectivity index (χ4v) is 8.12. The van der Waals surface area contributed by atoms with Crippen molar-refractivity contribution < 1.29 is 0 Å². The predicted molar refractivity (Wildman–Crippen MR) is 243 cm³/mol. The Kier molecular flexibility index (Phi) is 8.95. The molecule has 0 aliphatic rings. The Morgan fingerprint density at radius 3 is 1.14 bits per heavy atom. The third kappa shape index (κ3) is 6.77. The minimum atomic E-state index is 1.09. The van der Waals surface area contributed by atoms with Crippen LogP contribution in [0.15, 0.2) is 237 Å². The van der Waals surface area contributed by atoms with Gasteiger partial charge in [0.1, 0.15) is 0 Å². The number of rotatable bonds is 8. The first-order valence-corrected chi connectivity index (χ1v) is 19.6. The van der Waals surface area contributed by atoms with Crippen LogP contribution in [0.1, 0.15) is 0 Å². The zero-order valence-corrected chi connectivity index (χ0v) is 31.5. The lowest BCUT2D eigenvalue weighted by Crippen LogP contribution is -2.10. The third-order valence-electron chi connectivity index (χ3n) is 11.1. The maximum Gasteiger partial charge on any atom is 0.0468 e. The molecule has 10 rings (SSSR count). The van der Waals surface area contributed by atoms with E-state index in [2.05, 4.69) is 241 Å². The number of benzene rings is 10. The number of hydrogen-bond donors (Lipinski definition) is 0. The van der Waals surface area contributed by atoms with Gasteiger partial charge in [0.05, 0.1) is 0 Å². The van der Waals surface area contributed by atoms with E-state index in [-0.39, 0.29) is 0 Å². The van der Waals surface area contributed by atoms with Crippen molar-refractivity contribution in [2.75, 3.05) is 4.90 Å². The maximum atomic E-state index is 2.38. The van der Waals surface area contributed by atoms with Crippen molar-refractivity contribution in [3.8, 4) is 55.6 Å². The quantitative estimate of drug-likeness (QED) is 0.141. The molecule has 0 unspecified atom stereocenters. The molecule has 0 fully saturated rings. The average molecular weight is 726 g/mol. The second kappa shape index (κ2) is 15.0. The zero-order valence-electron chi connectivity index (χ0n) is 31.5. The van der Waals surface area contributed by atoms with E-state index in [1.165, 1.54) is 77.2 Å². The Labute approximate surface area is 334 Å². The van der Waals surface area contributed by atoms with Gasteiger partial charge < -0.3 is 4.90 Å². The number of anilines is 3. The third-order valence-corrected chi connectivity index (χ3v) is 11.1. The number of fused-ring (bicyclic) bond motifs is 3. The summed E-state index contributed by atoms with van der Waals surface area (Å²) in [7, 11) is 0. The van der Waals surface area contributed by atoms with Gasteiger partial charge in [0, 0.05) is 17.1 Å². The van der Waals surface area contributed by atoms with Crippen LogP contribution >= 0.6 is 0 Å². The van der Waals surface area contributed by atoms with Crippen LogP contribution in [0.3, 0.4) is 0 Å². The fourth-order valence-electron chi connectivity index (χ4n) is 8.12. The van der Waals surface area contributed by atoms with E-state index in [1.807, 2.05) is 0 Å². The van der Waals surface area contributed by atoms with E-state index in [4.69, 9.17) is 0 Å². The van der Waals surface area contributed by atoms with Crippen LogP contribution < -0.4 is 4.90 Å². The van der Waals surface area contributed by atoms with Crippen molar-refractivity contribution in [3.63, 3.8) is 0 Å². The number of nitrogens with zero attached hydrogens (tertiary/aromatic N) is 1. The molecule has 10 aromatic rings. The van der Waals surface area contributed by atoms with Gasteiger partial charge in [0.25, 0.3) is 0 Å².